The largest absolute Gasteiger partial charge is 0.490 e. The molecule has 1 unspecified atom stereocenters. The van der Waals surface area contributed by atoms with Crippen molar-refractivity contribution in [3.63, 3.8) is 0 Å². The maximum atomic E-state index is 14.3. The molecule has 2 N–H and O–H groups in total. The minimum absolute atomic E-state index is 0. The SMILES string of the molecule is C.C=CC(=O)N1CC(C)[C@H](OC(=O)NCCOCCOc2cc(F)ccc2-c2nnc(-c3ccc4c(c3)CCNC4)c3ccsc23)C1.[HH]. The molecule has 10 nitrogen and oxygen atoms in total. The number of carbonyl (C=O) groups is 2. The Bertz CT molecular complexity index is 1750. The lowest BCUT2D eigenvalue weighted by Crippen LogP contribution is -2.35. The zero-order chi connectivity index (χ0) is 32.0. The third kappa shape index (κ3) is 7.78. The number of carbonyl (C=O) groups excluding carboxylic acids is 2. The lowest BCUT2D eigenvalue weighted by atomic mass is 9.96. The molecule has 2 aliphatic heterocycles. The number of likely N-dealkylation sites (tertiary alicyclic amines) is 1. The third-order valence-corrected chi connectivity index (χ3v) is 9.16. The Morgan fingerprint density at radius 1 is 1.13 bits per heavy atom. The molecule has 12 heteroatoms. The van der Waals surface area contributed by atoms with Gasteiger partial charge in [-0.05, 0) is 59.8 Å². The van der Waals surface area contributed by atoms with E-state index in [1.807, 2.05) is 18.4 Å². The highest BCUT2D eigenvalue weighted by Gasteiger charge is 2.34. The number of hydrogen-bond donors (Lipinski definition) is 2. The van der Waals surface area contributed by atoms with E-state index >= 15 is 0 Å². The van der Waals surface area contributed by atoms with Crippen LogP contribution < -0.4 is 15.4 Å². The Hall–Kier alpha value is -4.39. The van der Waals surface area contributed by atoms with Crippen LogP contribution in [-0.2, 0) is 27.2 Å². The Morgan fingerprint density at radius 3 is 2.83 bits per heavy atom. The summed E-state index contributed by atoms with van der Waals surface area (Å²) in [6.07, 6.45) is 1.29. The summed E-state index contributed by atoms with van der Waals surface area (Å²) < 4.78 is 32.3. The van der Waals surface area contributed by atoms with Crippen LogP contribution in [-0.4, -0.2) is 79.2 Å². The van der Waals surface area contributed by atoms with Crippen molar-refractivity contribution < 1.29 is 29.6 Å². The summed E-state index contributed by atoms with van der Waals surface area (Å²) in [6, 6.07) is 12.9. The van der Waals surface area contributed by atoms with E-state index in [4.69, 9.17) is 14.2 Å². The van der Waals surface area contributed by atoms with E-state index in [-0.39, 0.29) is 53.1 Å². The van der Waals surface area contributed by atoms with Crippen molar-refractivity contribution >= 4 is 33.4 Å². The molecule has 0 aliphatic carbocycles. The third-order valence-electron chi connectivity index (χ3n) is 8.24. The van der Waals surface area contributed by atoms with Gasteiger partial charge in [0.25, 0.3) is 0 Å². The number of ether oxygens (including phenoxy) is 3. The van der Waals surface area contributed by atoms with E-state index in [1.54, 1.807) is 22.3 Å². The van der Waals surface area contributed by atoms with Gasteiger partial charge in [0, 0.05) is 49.6 Å². The molecule has 6 rings (SSSR count). The highest BCUT2D eigenvalue weighted by molar-refractivity contribution is 7.17. The minimum atomic E-state index is -0.565. The molecule has 2 amide bonds. The van der Waals surface area contributed by atoms with E-state index in [0.717, 1.165) is 40.9 Å². The standard InChI is InChI=1S/C34H36FN5O5S.CH4.H2/c1-3-30(41)40-19-21(2)29(20-40)45-34(42)37-11-12-43-13-14-44-28-17-25(35)6-7-26(28)32-33-27(9-15-46-33)31(38-39-32)23-4-5-24-18-36-10-8-22(24)16-23;;/h3-7,9,15-17,21,29,36H,1,8,10-14,18-20H2,2H3,(H,37,42);1H4;1H/t21?,29-;;/m1../s1. The van der Waals surface area contributed by atoms with Crippen LogP contribution in [0, 0.1) is 11.7 Å². The van der Waals surface area contributed by atoms with E-state index in [2.05, 4.69) is 45.6 Å². The van der Waals surface area contributed by atoms with E-state index < -0.39 is 11.9 Å². The van der Waals surface area contributed by atoms with Crippen LogP contribution in [0.5, 0.6) is 5.75 Å². The summed E-state index contributed by atoms with van der Waals surface area (Å²) in [7, 11) is 0. The van der Waals surface area contributed by atoms with Crippen LogP contribution in [0.3, 0.4) is 0 Å². The molecule has 1 fully saturated rings. The Morgan fingerprint density at radius 2 is 1.98 bits per heavy atom. The summed E-state index contributed by atoms with van der Waals surface area (Å²) in [4.78, 5) is 25.7. The van der Waals surface area contributed by atoms with Crippen LogP contribution in [0.4, 0.5) is 9.18 Å². The van der Waals surface area contributed by atoms with E-state index in [1.165, 1.54) is 29.3 Å². The second-order valence-corrected chi connectivity index (χ2v) is 12.3. The predicted molar refractivity (Wildman–Crippen MR) is 183 cm³/mol. The van der Waals surface area contributed by atoms with Crippen LogP contribution in [0.2, 0.25) is 0 Å². The maximum absolute atomic E-state index is 14.3. The highest BCUT2D eigenvalue weighted by Crippen LogP contribution is 2.39. The molecule has 0 radical (unpaired) electrons. The molecule has 250 valence electrons. The number of nitrogens with one attached hydrogen (secondary N) is 2. The van der Waals surface area contributed by atoms with Crippen molar-refractivity contribution in [1.29, 1.82) is 0 Å². The normalized spacial score (nSPS) is 17.1. The van der Waals surface area contributed by atoms with Crippen LogP contribution in [0.1, 0.15) is 26.9 Å². The molecule has 1 saturated heterocycles. The topological polar surface area (TPSA) is 115 Å². The van der Waals surface area contributed by atoms with Gasteiger partial charge in [0.05, 0.1) is 24.5 Å². The first kappa shape index (κ1) is 34.0. The first-order valence-electron chi connectivity index (χ1n) is 15.3. The molecule has 2 aromatic carbocycles. The van der Waals surface area contributed by atoms with Gasteiger partial charge in [-0.2, -0.15) is 0 Å². The number of thiophene rings is 1. The number of hydrogen-bond acceptors (Lipinski definition) is 9. The summed E-state index contributed by atoms with van der Waals surface area (Å²) >= 11 is 1.56. The fraction of sp³-hybridized carbons (Fsp3) is 0.371. The Balaban J connectivity index is 0.00000260. The zero-order valence-corrected chi connectivity index (χ0v) is 26.4. The van der Waals surface area contributed by atoms with Gasteiger partial charge in [-0.15, -0.1) is 21.5 Å². The second-order valence-electron chi connectivity index (χ2n) is 11.4. The number of aromatic nitrogens is 2. The molecule has 4 heterocycles. The average Bonchev–Trinajstić information content (AvgIpc) is 3.70. The summed E-state index contributed by atoms with van der Waals surface area (Å²) in [5.74, 6) is -0.226. The number of alkyl carbamates (subject to hydrolysis) is 1. The number of benzene rings is 2. The Kier molecular flexibility index (Phi) is 11.2. The van der Waals surface area contributed by atoms with Gasteiger partial charge >= 0.3 is 6.09 Å². The number of fused-ring (bicyclic) bond motifs is 2. The summed E-state index contributed by atoms with van der Waals surface area (Å²) in [5, 5.41) is 18.3. The molecule has 2 aromatic heterocycles. The fourth-order valence-corrected chi connectivity index (χ4v) is 6.71. The van der Waals surface area contributed by atoms with Crippen molar-refractivity contribution in [2.75, 3.05) is 46.0 Å². The van der Waals surface area contributed by atoms with Crippen LogP contribution in [0.15, 0.2) is 60.5 Å². The molecule has 2 aliphatic rings. The van der Waals surface area contributed by atoms with Crippen molar-refractivity contribution in [2.24, 2.45) is 5.92 Å². The monoisotopic (exact) mass is 663 g/mol. The van der Waals surface area contributed by atoms with Gasteiger partial charge in [-0.1, -0.05) is 33.1 Å². The second kappa shape index (κ2) is 15.5. The van der Waals surface area contributed by atoms with E-state index in [9.17, 15) is 14.0 Å². The molecule has 4 aromatic rings. The van der Waals surface area contributed by atoms with Gasteiger partial charge in [-0.3, -0.25) is 4.79 Å². The van der Waals surface area contributed by atoms with Crippen molar-refractivity contribution in [2.45, 2.75) is 33.4 Å². The number of halogens is 1. The molecule has 0 bridgehead atoms. The number of rotatable bonds is 11. The van der Waals surface area contributed by atoms with Crippen LogP contribution >= 0.6 is 11.3 Å². The predicted octanol–water partition coefficient (Wildman–Crippen LogP) is 5.85. The van der Waals surface area contributed by atoms with Crippen molar-refractivity contribution in [3.8, 4) is 28.3 Å². The first-order chi connectivity index (χ1) is 22.4. The molecule has 2 atom stereocenters. The smallest absolute Gasteiger partial charge is 0.407 e. The van der Waals surface area contributed by atoms with Gasteiger partial charge in [-0.25, -0.2) is 9.18 Å². The van der Waals surface area contributed by atoms with Gasteiger partial charge in [0.1, 0.15) is 35.7 Å². The number of amides is 2. The number of nitrogens with zero attached hydrogens (tertiary/aromatic N) is 3. The highest BCUT2D eigenvalue weighted by atomic mass is 32.1. The lowest BCUT2D eigenvalue weighted by molar-refractivity contribution is -0.125. The summed E-state index contributed by atoms with van der Waals surface area (Å²) in [6.45, 7) is 8.98. The molecular weight excluding hydrogens is 621 g/mol. The summed E-state index contributed by atoms with van der Waals surface area (Å²) in [5.41, 5.74) is 5.75. The van der Waals surface area contributed by atoms with Gasteiger partial charge in [0.15, 0.2) is 0 Å². The minimum Gasteiger partial charge on any atom is -0.490 e. The van der Waals surface area contributed by atoms with Crippen molar-refractivity contribution in [1.82, 2.24) is 25.7 Å². The maximum Gasteiger partial charge on any atom is 0.407 e. The van der Waals surface area contributed by atoms with Crippen LogP contribution in [0.25, 0.3) is 32.6 Å². The Labute approximate surface area is 279 Å². The van der Waals surface area contributed by atoms with Gasteiger partial charge < -0.3 is 29.7 Å². The van der Waals surface area contributed by atoms with E-state index in [0.29, 0.717) is 30.1 Å². The fourth-order valence-electron chi connectivity index (χ4n) is 5.82. The quantitative estimate of drug-likeness (QED) is 0.152. The molecular formula is C35H42FN5O5S. The zero-order valence-electron chi connectivity index (χ0n) is 25.6. The first-order valence-corrected chi connectivity index (χ1v) is 16.2. The average molecular weight is 664 g/mol. The molecule has 47 heavy (non-hydrogen) atoms. The molecule has 0 spiro atoms. The lowest BCUT2D eigenvalue weighted by Gasteiger charge is -2.18. The molecule has 0 saturated carbocycles. The van der Waals surface area contributed by atoms with Gasteiger partial charge in [0.2, 0.25) is 5.91 Å². The van der Waals surface area contributed by atoms with Crippen molar-refractivity contribution in [3.05, 3.63) is 77.4 Å².